The van der Waals surface area contributed by atoms with Crippen LogP contribution in [-0.4, -0.2) is 62.0 Å². The number of rotatable bonds is 5. The molecule has 1 heterocycles. The number of likely N-dealkylation sites (tertiary alicyclic amines) is 1. The average molecular weight is 271 g/mol. The first kappa shape index (κ1) is 15.4. The molecule has 7 nitrogen and oxygen atoms in total. The van der Waals surface area contributed by atoms with E-state index in [9.17, 15) is 14.4 Å². The summed E-state index contributed by atoms with van der Waals surface area (Å²) in [7, 11) is 3.12. The van der Waals surface area contributed by atoms with Crippen LogP contribution in [0.25, 0.3) is 0 Å². The molecule has 0 aromatic rings. The van der Waals surface area contributed by atoms with E-state index in [2.05, 4.69) is 15.4 Å². The lowest BCUT2D eigenvalue weighted by Crippen LogP contribution is -2.53. The van der Waals surface area contributed by atoms with Crippen molar-refractivity contribution in [3.63, 3.8) is 0 Å². The summed E-state index contributed by atoms with van der Waals surface area (Å²) in [6, 6.07) is -1.07. The van der Waals surface area contributed by atoms with Crippen LogP contribution < -0.4 is 10.6 Å². The Morgan fingerprint density at radius 3 is 2.58 bits per heavy atom. The summed E-state index contributed by atoms with van der Waals surface area (Å²) in [5.41, 5.74) is 0. The van der Waals surface area contributed by atoms with Crippen molar-refractivity contribution in [3.05, 3.63) is 0 Å². The Morgan fingerprint density at radius 1 is 1.42 bits per heavy atom. The molecule has 2 atom stereocenters. The van der Waals surface area contributed by atoms with Gasteiger partial charge in [-0.1, -0.05) is 0 Å². The predicted molar refractivity (Wildman–Crippen MR) is 68.3 cm³/mol. The van der Waals surface area contributed by atoms with Crippen LogP contribution in [0.2, 0.25) is 0 Å². The Hall–Kier alpha value is -1.63. The van der Waals surface area contributed by atoms with Gasteiger partial charge in [-0.2, -0.15) is 0 Å². The molecule has 1 aliphatic rings. The third-order valence-corrected chi connectivity index (χ3v) is 3.18. The smallest absolute Gasteiger partial charge is 0.330 e. The normalized spacial score (nSPS) is 20.7. The number of hydrogen-bond acceptors (Lipinski definition) is 5. The summed E-state index contributed by atoms with van der Waals surface area (Å²) in [4.78, 5) is 36.4. The highest BCUT2D eigenvalue weighted by atomic mass is 16.5. The number of carbonyl (C=O) groups excluding carboxylic acids is 3. The lowest BCUT2D eigenvalue weighted by Gasteiger charge is -2.22. The standard InChI is InChI=1S/C12H21N3O4/c1-8(16)13-7-9(12(18)19-3)14-11(17)10-5-4-6-15(10)2/h9-10H,4-7H2,1-3H3,(H,13,16)(H,14,17)/t9-,10?/m0/s1. The number of nitrogens with one attached hydrogen (secondary N) is 2. The number of likely N-dealkylation sites (N-methyl/N-ethyl adjacent to an activating group) is 1. The van der Waals surface area contributed by atoms with Gasteiger partial charge in [-0.25, -0.2) is 4.79 Å². The van der Waals surface area contributed by atoms with Gasteiger partial charge in [0.2, 0.25) is 11.8 Å². The molecule has 2 amide bonds. The van der Waals surface area contributed by atoms with E-state index in [4.69, 9.17) is 0 Å². The molecule has 0 aromatic carbocycles. The summed E-state index contributed by atoms with van der Waals surface area (Å²) in [5, 5.41) is 5.13. The molecule has 0 bridgehead atoms. The van der Waals surface area contributed by atoms with Crippen LogP contribution in [0.15, 0.2) is 0 Å². The molecule has 1 rings (SSSR count). The van der Waals surface area contributed by atoms with Gasteiger partial charge in [-0.15, -0.1) is 0 Å². The maximum absolute atomic E-state index is 12.1. The molecule has 7 heteroatoms. The second-order valence-corrected chi connectivity index (χ2v) is 4.66. The number of amides is 2. The monoisotopic (exact) mass is 271 g/mol. The molecular formula is C12H21N3O4. The van der Waals surface area contributed by atoms with E-state index < -0.39 is 12.0 Å². The number of carbonyl (C=O) groups is 3. The van der Waals surface area contributed by atoms with Gasteiger partial charge in [0.25, 0.3) is 0 Å². The van der Waals surface area contributed by atoms with E-state index in [1.54, 1.807) is 0 Å². The van der Waals surface area contributed by atoms with Crippen molar-refractivity contribution in [2.45, 2.75) is 31.8 Å². The van der Waals surface area contributed by atoms with Gasteiger partial charge in [0.15, 0.2) is 0 Å². The number of esters is 1. The van der Waals surface area contributed by atoms with Crippen LogP contribution >= 0.6 is 0 Å². The molecule has 108 valence electrons. The summed E-state index contributed by atoms with van der Waals surface area (Å²) in [6.45, 7) is 2.25. The Balaban J connectivity index is 2.58. The molecule has 0 saturated carbocycles. The molecule has 19 heavy (non-hydrogen) atoms. The first-order chi connectivity index (χ1) is 8.95. The minimum atomic E-state index is -0.851. The molecule has 2 N–H and O–H groups in total. The van der Waals surface area contributed by atoms with Crippen molar-refractivity contribution >= 4 is 17.8 Å². The molecule has 1 aliphatic heterocycles. The van der Waals surface area contributed by atoms with E-state index in [1.807, 2.05) is 11.9 Å². The summed E-state index contributed by atoms with van der Waals surface area (Å²) in [5.74, 6) is -1.04. The molecule has 1 fully saturated rings. The van der Waals surface area contributed by atoms with Crippen LogP contribution in [0.4, 0.5) is 0 Å². The highest BCUT2D eigenvalue weighted by Gasteiger charge is 2.31. The maximum atomic E-state index is 12.1. The quantitative estimate of drug-likeness (QED) is 0.618. The van der Waals surface area contributed by atoms with Crippen molar-refractivity contribution in [2.24, 2.45) is 0 Å². The van der Waals surface area contributed by atoms with Crippen LogP contribution in [-0.2, 0) is 19.1 Å². The van der Waals surface area contributed by atoms with E-state index in [-0.39, 0.29) is 24.4 Å². The van der Waals surface area contributed by atoms with Crippen molar-refractivity contribution < 1.29 is 19.1 Å². The Kier molecular flexibility index (Phi) is 5.75. The summed E-state index contributed by atoms with van der Waals surface area (Å²) < 4.78 is 4.62. The lowest BCUT2D eigenvalue weighted by molar-refractivity contribution is -0.145. The van der Waals surface area contributed by atoms with Crippen LogP contribution in [0.1, 0.15) is 19.8 Å². The fraction of sp³-hybridized carbons (Fsp3) is 0.750. The number of hydrogen-bond donors (Lipinski definition) is 2. The zero-order chi connectivity index (χ0) is 14.4. The molecule has 0 aliphatic carbocycles. The van der Waals surface area contributed by atoms with Gasteiger partial charge in [0.05, 0.1) is 13.2 Å². The highest BCUT2D eigenvalue weighted by Crippen LogP contribution is 2.14. The van der Waals surface area contributed by atoms with Gasteiger partial charge >= 0.3 is 5.97 Å². The first-order valence-electron chi connectivity index (χ1n) is 6.28. The third kappa shape index (κ3) is 4.51. The van der Waals surface area contributed by atoms with Crippen molar-refractivity contribution in [1.82, 2.24) is 15.5 Å². The number of methoxy groups -OCH3 is 1. The van der Waals surface area contributed by atoms with Gasteiger partial charge in [0.1, 0.15) is 6.04 Å². The topological polar surface area (TPSA) is 87.7 Å². The largest absolute Gasteiger partial charge is 0.467 e. The maximum Gasteiger partial charge on any atom is 0.330 e. The Bertz CT molecular complexity index is 359. The van der Waals surface area contributed by atoms with Crippen LogP contribution in [0, 0.1) is 0 Å². The number of nitrogens with zero attached hydrogens (tertiary/aromatic N) is 1. The molecule has 1 unspecified atom stereocenters. The second kappa shape index (κ2) is 7.08. The van der Waals surface area contributed by atoms with Gasteiger partial charge in [0, 0.05) is 13.5 Å². The van der Waals surface area contributed by atoms with E-state index in [0.29, 0.717) is 0 Å². The zero-order valence-electron chi connectivity index (χ0n) is 11.6. The molecule has 0 radical (unpaired) electrons. The minimum absolute atomic E-state index is 0.0319. The van der Waals surface area contributed by atoms with Gasteiger partial charge < -0.3 is 15.4 Å². The highest BCUT2D eigenvalue weighted by molar-refractivity contribution is 5.88. The van der Waals surface area contributed by atoms with Crippen molar-refractivity contribution in [3.8, 4) is 0 Å². The van der Waals surface area contributed by atoms with Crippen molar-refractivity contribution in [2.75, 3.05) is 27.2 Å². The molecule has 1 saturated heterocycles. The SMILES string of the molecule is COC(=O)[C@H](CNC(C)=O)NC(=O)C1CCCN1C. The fourth-order valence-corrected chi connectivity index (χ4v) is 2.09. The Morgan fingerprint density at radius 2 is 2.11 bits per heavy atom. The predicted octanol–water partition coefficient (Wildman–Crippen LogP) is -1.13. The van der Waals surface area contributed by atoms with Gasteiger partial charge in [-0.3, -0.25) is 14.5 Å². The van der Waals surface area contributed by atoms with Crippen LogP contribution in [0.3, 0.4) is 0 Å². The number of ether oxygens (including phenoxy) is 1. The molecular weight excluding hydrogens is 250 g/mol. The lowest BCUT2D eigenvalue weighted by atomic mass is 10.2. The van der Waals surface area contributed by atoms with E-state index in [0.717, 1.165) is 19.4 Å². The molecule has 0 aromatic heterocycles. The van der Waals surface area contributed by atoms with E-state index in [1.165, 1.54) is 14.0 Å². The van der Waals surface area contributed by atoms with E-state index >= 15 is 0 Å². The molecule has 0 spiro atoms. The minimum Gasteiger partial charge on any atom is -0.467 e. The summed E-state index contributed by atoms with van der Waals surface area (Å²) >= 11 is 0. The first-order valence-corrected chi connectivity index (χ1v) is 6.28. The van der Waals surface area contributed by atoms with Crippen molar-refractivity contribution in [1.29, 1.82) is 0 Å². The second-order valence-electron chi connectivity index (χ2n) is 4.66. The summed E-state index contributed by atoms with van der Waals surface area (Å²) in [6.07, 6.45) is 1.74. The Labute approximate surface area is 112 Å². The fourth-order valence-electron chi connectivity index (χ4n) is 2.09. The third-order valence-electron chi connectivity index (χ3n) is 3.18. The zero-order valence-corrected chi connectivity index (χ0v) is 11.6. The average Bonchev–Trinajstić information content (AvgIpc) is 2.79. The van der Waals surface area contributed by atoms with Gasteiger partial charge in [-0.05, 0) is 26.4 Å². The van der Waals surface area contributed by atoms with Crippen LogP contribution in [0.5, 0.6) is 0 Å².